The molecule has 0 aromatic carbocycles. The molecule has 4 N–H and O–H groups in total. The van der Waals surface area contributed by atoms with Crippen LogP contribution in [0.4, 0.5) is 5.00 Å². The van der Waals surface area contributed by atoms with E-state index >= 15 is 0 Å². The molecular weight excluding hydrogens is 402 g/mol. The first-order valence-corrected chi connectivity index (χ1v) is 12.1. The zero-order chi connectivity index (χ0) is 21.6. The van der Waals surface area contributed by atoms with Gasteiger partial charge in [0.05, 0.1) is 5.56 Å². The minimum absolute atomic E-state index is 0.0935. The minimum Gasteiger partial charge on any atom is -0.365 e. The standard InChI is InChI=1S/C22H37N3O2S2/c1-4-5-6-7-8-9-10-11-12-13-14-15-18(26)24-22(28)25-21-19(20(23)27)16(2)17(3)29-21/h4-15H2,1-3H3,(H2,23,27)(H2,24,25,26,28). The summed E-state index contributed by atoms with van der Waals surface area (Å²) in [5.41, 5.74) is 6.74. The Kier molecular flexibility index (Phi) is 12.8. The van der Waals surface area contributed by atoms with Gasteiger partial charge in [0.15, 0.2) is 5.11 Å². The van der Waals surface area contributed by atoms with E-state index in [4.69, 9.17) is 18.0 Å². The molecule has 7 heteroatoms. The minimum atomic E-state index is -0.496. The first kappa shape index (κ1) is 25.6. The van der Waals surface area contributed by atoms with Crippen molar-refractivity contribution >= 4 is 45.5 Å². The Morgan fingerprint density at radius 1 is 0.931 bits per heavy atom. The SMILES string of the molecule is CCCCCCCCCCCCCC(=O)NC(=S)Nc1sc(C)c(C)c1C(N)=O. The van der Waals surface area contributed by atoms with Crippen LogP contribution < -0.4 is 16.4 Å². The van der Waals surface area contributed by atoms with Gasteiger partial charge in [0.2, 0.25) is 5.91 Å². The second-order valence-electron chi connectivity index (χ2n) is 7.64. The average Bonchev–Trinajstić information content (AvgIpc) is 2.93. The summed E-state index contributed by atoms with van der Waals surface area (Å²) in [6.07, 6.45) is 14.2. The third kappa shape index (κ3) is 10.2. The van der Waals surface area contributed by atoms with E-state index in [1.54, 1.807) is 0 Å². The smallest absolute Gasteiger partial charge is 0.251 e. The van der Waals surface area contributed by atoms with Gasteiger partial charge in [0, 0.05) is 11.3 Å². The summed E-state index contributed by atoms with van der Waals surface area (Å²) in [6, 6.07) is 0. The number of thiophene rings is 1. The Bertz CT molecular complexity index is 671. The quantitative estimate of drug-likeness (QED) is 0.246. The van der Waals surface area contributed by atoms with Crippen LogP contribution in [0.25, 0.3) is 0 Å². The van der Waals surface area contributed by atoms with Crippen LogP contribution in [0.3, 0.4) is 0 Å². The zero-order valence-electron chi connectivity index (χ0n) is 18.2. The first-order chi connectivity index (χ1) is 13.9. The Balaban J connectivity index is 2.16. The number of hydrogen-bond donors (Lipinski definition) is 3. The van der Waals surface area contributed by atoms with Crippen LogP contribution in [0.5, 0.6) is 0 Å². The number of nitrogens with two attached hydrogens (primary N) is 1. The molecule has 0 radical (unpaired) electrons. The predicted molar refractivity (Wildman–Crippen MR) is 128 cm³/mol. The highest BCUT2D eigenvalue weighted by atomic mass is 32.1. The van der Waals surface area contributed by atoms with Crippen molar-refractivity contribution in [2.45, 2.75) is 97.8 Å². The number of amides is 2. The van der Waals surface area contributed by atoms with Crippen molar-refractivity contribution < 1.29 is 9.59 Å². The largest absolute Gasteiger partial charge is 0.365 e. The van der Waals surface area contributed by atoms with Crippen LogP contribution in [-0.4, -0.2) is 16.9 Å². The highest BCUT2D eigenvalue weighted by molar-refractivity contribution is 7.80. The van der Waals surface area contributed by atoms with Crippen LogP contribution in [0.2, 0.25) is 0 Å². The Morgan fingerprint density at radius 3 is 1.97 bits per heavy atom. The van der Waals surface area contributed by atoms with Crippen molar-refractivity contribution in [1.82, 2.24) is 5.32 Å². The number of hydrogen-bond acceptors (Lipinski definition) is 4. The number of aryl methyl sites for hydroxylation is 1. The lowest BCUT2D eigenvalue weighted by atomic mass is 10.1. The zero-order valence-corrected chi connectivity index (χ0v) is 19.8. The normalized spacial score (nSPS) is 10.7. The number of carbonyl (C=O) groups is 2. The Labute approximate surface area is 185 Å². The van der Waals surface area contributed by atoms with Gasteiger partial charge in [0.25, 0.3) is 5.91 Å². The summed E-state index contributed by atoms with van der Waals surface area (Å²) in [5, 5.41) is 6.44. The Hall–Kier alpha value is -1.47. The first-order valence-electron chi connectivity index (χ1n) is 10.9. The molecule has 1 rings (SSSR count). The van der Waals surface area contributed by atoms with Gasteiger partial charge in [-0.1, -0.05) is 71.1 Å². The molecule has 0 aliphatic carbocycles. The van der Waals surface area contributed by atoms with Gasteiger partial charge in [-0.25, -0.2) is 0 Å². The van der Waals surface area contributed by atoms with E-state index in [1.165, 1.54) is 69.1 Å². The van der Waals surface area contributed by atoms with Gasteiger partial charge >= 0.3 is 0 Å². The summed E-state index contributed by atoms with van der Waals surface area (Å²) in [7, 11) is 0. The number of unbranched alkanes of at least 4 members (excludes halogenated alkanes) is 10. The number of primary amides is 1. The third-order valence-corrected chi connectivity index (χ3v) is 6.45. The van der Waals surface area contributed by atoms with Gasteiger partial charge in [-0.05, 0) is 38.0 Å². The van der Waals surface area contributed by atoms with Crippen molar-refractivity contribution in [1.29, 1.82) is 0 Å². The van der Waals surface area contributed by atoms with Crippen LogP contribution >= 0.6 is 23.6 Å². The van der Waals surface area contributed by atoms with Crippen LogP contribution in [0.15, 0.2) is 0 Å². The van der Waals surface area contributed by atoms with E-state index in [0.29, 0.717) is 17.0 Å². The molecule has 0 unspecified atom stereocenters. The summed E-state index contributed by atoms with van der Waals surface area (Å²) in [6.45, 7) is 6.02. The van der Waals surface area contributed by atoms with Crippen molar-refractivity contribution in [3.63, 3.8) is 0 Å². The van der Waals surface area contributed by atoms with Crippen molar-refractivity contribution in [3.05, 3.63) is 16.0 Å². The highest BCUT2D eigenvalue weighted by Gasteiger charge is 2.18. The number of thiocarbonyl (C=S) groups is 1. The molecule has 5 nitrogen and oxygen atoms in total. The lowest BCUT2D eigenvalue weighted by Crippen LogP contribution is -2.34. The number of nitrogens with one attached hydrogen (secondary N) is 2. The molecular formula is C22H37N3O2S2. The maximum absolute atomic E-state index is 12.1. The molecule has 0 aliphatic heterocycles. The fourth-order valence-corrected chi connectivity index (χ4v) is 4.64. The molecule has 164 valence electrons. The molecule has 29 heavy (non-hydrogen) atoms. The topological polar surface area (TPSA) is 84.2 Å². The van der Waals surface area contributed by atoms with Crippen molar-refractivity contribution in [3.8, 4) is 0 Å². The van der Waals surface area contributed by atoms with Crippen molar-refractivity contribution in [2.75, 3.05) is 5.32 Å². The van der Waals surface area contributed by atoms with Crippen LogP contribution in [0, 0.1) is 13.8 Å². The molecule has 2 amide bonds. The molecule has 1 heterocycles. The van der Waals surface area contributed by atoms with Crippen LogP contribution in [0.1, 0.15) is 105 Å². The van der Waals surface area contributed by atoms with E-state index in [1.807, 2.05) is 13.8 Å². The fraction of sp³-hybridized carbons (Fsp3) is 0.682. The third-order valence-electron chi connectivity index (χ3n) is 5.12. The van der Waals surface area contributed by atoms with E-state index in [9.17, 15) is 9.59 Å². The Morgan fingerprint density at radius 2 is 1.45 bits per heavy atom. The lowest BCUT2D eigenvalue weighted by molar-refractivity contribution is -0.119. The molecule has 0 spiro atoms. The van der Waals surface area contributed by atoms with E-state index in [-0.39, 0.29) is 11.0 Å². The van der Waals surface area contributed by atoms with Gasteiger partial charge < -0.3 is 16.4 Å². The predicted octanol–water partition coefficient (Wildman–Crippen LogP) is 5.98. The molecule has 0 saturated heterocycles. The lowest BCUT2D eigenvalue weighted by Gasteiger charge is -2.09. The molecule has 0 fully saturated rings. The highest BCUT2D eigenvalue weighted by Crippen LogP contribution is 2.31. The van der Waals surface area contributed by atoms with Gasteiger partial charge in [-0.2, -0.15) is 0 Å². The average molecular weight is 440 g/mol. The van der Waals surface area contributed by atoms with Crippen LogP contribution in [-0.2, 0) is 4.79 Å². The summed E-state index contributed by atoms with van der Waals surface area (Å²) >= 11 is 6.62. The van der Waals surface area contributed by atoms with Crippen molar-refractivity contribution in [2.24, 2.45) is 5.73 Å². The summed E-state index contributed by atoms with van der Waals surface area (Å²) in [5.74, 6) is -0.589. The molecule has 0 atom stereocenters. The summed E-state index contributed by atoms with van der Waals surface area (Å²) in [4.78, 5) is 24.7. The molecule has 0 aliphatic rings. The second kappa shape index (κ2) is 14.5. The van der Waals surface area contributed by atoms with E-state index in [2.05, 4.69) is 17.6 Å². The maximum Gasteiger partial charge on any atom is 0.251 e. The fourth-order valence-electron chi connectivity index (χ4n) is 3.28. The molecule has 0 bridgehead atoms. The number of anilines is 1. The monoisotopic (exact) mass is 439 g/mol. The molecule has 1 aromatic heterocycles. The summed E-state index contributed by atoms with van der Waals surface area (Å²) < 4.78 is 0. The second-order valence-corrected chi connectivity index (χ2v) is 9.27. The van der Waals surface area contributed by atoms with E-state index < -0.39 is 5.91 Å². The molecule has 0 saturated carbocycles. The maximum atomic E-state index is 12.1. The van der Waals surface area contributed by atoms with E-state index in [0.717, 1.165) is 23.3 Å². The number of rotatable bonds is 14. The number of carbonyl (C=O) groups excluding carboxylic acids is 2. The van der Waals surface area contributed by atoms with Gasteiger partial charge in [0.1, 0.15) is 5.00 Å². The van der Waals surface area contributed by atoms with Gasteiger partial charge in [-0.3, -0.25) is 9.59 Å². The van der Waals surface area contributed by atoms with Gasteiger partial charge in [-0.15, -0.1) is 11.3 Å². The molecule has 1 aromatic rings.